The Morgan fingerprint density at radius 1 is 0.920 bits per heavy atom. The quantitative estimate of drug-likeness (QED) is 0.845. The average molecular weight is 360 g/mol. The summed E-state index contributed by atoms with van der Waals surface area (Å²) in [6, 6.07) is 14.1. The lowest BCUT2D eigenvalue weighted by atomic mass is 10.1. The smallest absolute Gasteiger partial charge is 0.243 e. The molecule has 0 aromatic heterocycles. The third kappa shape index (κ3) is 3.21. The molecule has 0 saturated carbocycles. The van der Waals surface area contributed by atoms with E-state index in [0.717, 1.165) is 32.0 Å². The Bertz CT molecular complexity index is 851. The third-order valence-corrected chi connectivity index (χ3v) is 7.13. The first kappa shape index (κ1) is 16.7. The molecule has 1 saturated heterocycles. The van der Waals surface area contributed by atoms with Crippen LogP contribution in [0.2, 0.25) is 0 Å². The van der Waals surface area contributed by atoms with Crippen molar-refractivity contribution in [3.63, 3.8) is 0 Å². The Labute approximate surface area is 147 Å². The lowest BCUT2D eigenvalue weighted by Gasteiger charge is -2.36. The molecule has 6 heteroatoms. The van der Waals surface area contributed by atoms with Gasteiger partial charge < -0.3 is 0 Å². The maximum Gasteiger partial charge on any atom is 0.243 e. The number of nitrogens with zero attached hydrogens (tertiary/aromatic N) is 2. The number of hydrogen-bond acceptors (Lipinski definition) is 3. The van der Waals surface area contributed by atoms with Crippen LogP contribution in [-0.2, 0) is 23.1 Å². The van der Waals surface area contributed by atoms with Crippen molar-refractivity contribution in [2.45, 2.75) is 36.9 Å². The number of sulfonamides is 1. The Kier molecular flexibility index (Phi) is 4.35. The van der Waals surface area contributed by atoms with E-state index in [0.29, 0.717) is 19.1 Å². The predicted molar refractivity (Wildman–Crippen MR) is 93.9 cm³/mol. The zero-order valence-corrected chi connectivity index (χ0v) is 14.8. The van der Waals surface area contributed by atoms with Gasteiger partial charge in [-0.25, -0.2) is 12.8 Å². The van der Waals surface area contributed by atoms with Crippen LogP contribution < -0.4 is 0 Å². The minimum Gasteiger partial charge on any atom is -0.292 e. The summed E-state index contributed by atoms with van der Waals surface area (Å²) in [5.41, 5.74) is 2.75. The molecule has 4 rings (SSSR count). The van der Waals surface area contributed by atoms with Gasteiger partial charge in [-0.15, -0.1) is 0 Å². The molecular weight excluding hydrogens is 339 g/mol. The second-order valence-electron chi connectivity index (χ2n) is 6.77. The van der Waals surface area contributed by atoms with Crippen LogP contribution in [0.4, 0.5) is 4.39 Å². The van der Waals surface area contributed by atoms with Gasteiger partial charge >= 0.3 is 0 Å². The summed E-state index contributed by atoms with van der Waals surface area (Å²) in [7, 11) is -3.61. The summed E-state index contributed by atoms with van der Waals surface area (Å²) in [5.74, 6) is -0.522. The Morgan fingerprint density at radius 2 is 1.56 bits per heavy atom. The molecule has 25 heavy (non-hydrogen) atoms. The highest BCUT2D eigenvalue weighted by Gasteiger charge is 2.33. The minimum absolute atomic E-state index is 0.0412. The molecule has 2 aliphatic rings. The number of piperidine rings is 1. The van der Waals surface area contributed by atoms with Crippen LogP contribution >= 0.6 is 0 Å². The molecule has 2 aliphatic heterocycles. The van der Waals surface area contributed by atoms with E-state index in [-0.39, 0.29) is 4.90 Å². The summed E-state index contributed by atoms with van der Waals surface area (Å²) in [4.78, 5) is 2.48. The van der Waals surface area contributed by atoms with Crippen LogP contribution in [-0.4, -0.2) is 36.8 Å². The predicted octanol–water partition coefficient (Wildman–Crippen LogP) is 2.99. The summed E-state index contributed by atoms with van der Waals surface area (Å²) >= 11 is 0. The van der Waals surface area contributed by atoms with Crippen molar-refractivity contribution in [1.82, 2.24) is 9.21 Å². The van der Waals surface area contributed by atoms with E-state index in [1.807, 2.05) is 0 Å². The maximum atomic E-state index is 13.4. The van der Waals surface area contributed by atoms with Crippen molar-refractivity contribution in [2.75, 3.05) is 13.1 Å². The van der Waals surface area contributed by atoms with Gasteiger partial charge in [0.25, 0.3) is 0 Å². The van der Waals surface area contributed by atoms with E-state index < -0.39 is 15.8 Å². The van der Waals surface area contributed by atoms with Crippen LogP contribution in [0.3, 0.4) is 0 Å². The molecule has 0 unspecified atom stereocenters. The molecule has 0 aliphatic carbocycles. The first-order valence-electron chi connectivity index (χ1n) is 8.60. The molecular formula is C19H21FN2O2S. The number of rotatable bonds is 3. The molecule has 0 spiro atoms. The molecule has 2 aromatic rings. The van der Waals surface area contributed by atoms with Gasteiger partial charge in [0.1, 0.15) is 5.82 Å². The van der Waals surface area contributed by atoms with Gasteiger partial charge in [-0.05, 0) is 42.2 Å². The van der Waals surface area contributed by atoms with Crippen molar-refractivity contribution in [3.05, 3.63) is 65.5 Å². The summed E-state index contributed by atoms with van der Waals surface area (Å²) < 4.78 is 40.2. The molecule has 0 atom stereocenters. The first-order valence-corrected chi connectivity index (χ1v) is 10.0. The van der Waals surface area contributed by atoms with Crippen molar-refractivity contribution in [2.24, 2.45) is 0 Å². The fourth-order valence-corrected chi connectivity index (χ4v) is 5.34. The highest BCUT2D eigenvalue weighted by molar-refractivity contribution is 7.89. The highest BCUT2D eigenvalue weighted by atomic mass is 32.2. The van der Waals surface area contributed by atoms with Gasteiger partial charge in [-0.2, -0.15) is 4.31 Å². The van der Waals surface area contributed by atoms with E-state index in [1.54, 1.807) is 0 Å². The SMILES string of the molecule is O=S(=O)(c1cccc(F)c1)N1CCC(N2Cc3ccccc3C2)CC1. The monoisotopic (exact) mass is 360 g/mol. The van der Waals surface area contributed by atoms with Crippen molar-refractivity contribution in [1.29, 1.82) is 0 Å². The van der Waals surface area contributed by atoms with Gasteiger partial charge in [-0.1, -0.05) is 30.3 Å². The third-order valence-electron chi connectivity index (χ3n) is 5.24. The Hall–Kier alpha value is -1.76. The van der Waals surface area contributed by atoms with E-state index in [1.165, 1.54) is 33.6 Å². The highest BCUT2D eigenvalue weighted by Crippen LogP contribution is 2.29. The van der Waals surface area contributed by atoms with Crippen LogP contribution in [0, 0.1) is 5.82 Å². The average Bonchev–Trinajstić information content (AvgIpc) is 3.06. The van der Waals surface area contributed by atoms with Gasteiger partial charge in [0.05, 0.1) is 4.90 Å². The molecule has 0 radical (unpaired) electrons. The molecule has 2 aromatic carbocycles. The van der Waals surface area contributed by atoms with Gasteiger partial charge in [0.15, 0.2) is 0 Å². The lowest BCUT2D eigenvalue weighted by molar-refractivity contribution is 0.139. The summed E-state index contributed by atoms with van der Waals surface area (Å²) in [6.45, 7) is 2.85. The fourth-order valence-electron chi connectivity index (χ4n) is 3.84. The molecule has 4 nitrogen and oxygen atoms in total. The molecule has 132 valence electrons. The lowest BCUT2D eigenvalue weighted by Crippen LogP contribution is -2.45. The number of benzene rings is 2. The number of fused-ring (bicyclic) bond motifs is 1. The maximum absolute atomic E-state index is 13.4. The number of halogens is 1. The van der Waals surface area contributed by atoms with Crippen molar-refractivity contribution < 1.29 is 12.8 Å². The van der Waals surface area contributed by atoms with E-state index in [4.69, 9.17) is 0 Å². The number of hydrogen-bond donors (Lipinski definition) is 0. The first-order chi connectivity index (χ1) is 12.0. The normalized spacial score (nSPS) is 19.9. The van der Waals surface area contributed by atoms with Gasteiger partial charge in [0.2, 0.25) is 10.0 Å². The van der Waals surface area contributed by atoms with Crippen molar-refractivity contribution in [3.8, 4) is 0 Å². The fraction of sp³-hybridized carbons (Fsp3) is 0.368. The zero-order chi connectivity index (χ0) is 17.4. The second kappa shape index (κ2) is 6.52. The van der Waals surface area contributed by atoms with E-state index >= 15 is 0 Å². The topological polar surface area (TPSA) is 40.6 Å². The second-order valence-corrected chi connectivity index (χ2v) is 8.70. The standard InChI is InChI=1S/C19H21FN2O2S/c20-17-6-3-7-19(12-17)25(23,24)22-10-8-18(9-11-22)21-13-15-4-1-2-5-16(15)14-21/h1-7,12,18H,8-11,13-14H2. The van der Waals surface area contributed by atoms with Crippen LogP contribution in [0.1, 0.15) is 24.0 Å². The van der Waals surface area contributed by atoms with Gasteiger partial charge in [0, 0.05) is 32.2 Å². The largest absolute Gasteiger partial charge is 0.292 e. The van der Waals surface area contributed by atoms with E-state index in [9.17, 15) is 12.8 Å². The van der Waals surface area contributed by atoms with Crippen molar-refractivity contribution >= 4 is 10.0 Å². The minimum atomic E-state index is -3.61. The zero-order valence-electron chi connectivity index (χ0n) is 13.9. The Balaban J connectivity index is 1.42. The molecule has 2 heterocycles. The van der Waals surface area contributed by atoms with Crippen LogP contribution in [0.5, 0.6) is 0 Å². The molecule has 0 amide bonds. The molecule has 0 bridgehead atoms. The Morgan fingerprint density at radius 3 is 2.16 bits per heavy atom. The summed E-state index contributed by atoms with van der Waals surface area (Å²) in [5, 5.41) is 0. The summed E-state index contributed by atoms with van der Waals surface area (Å²) in [6.07, 6.45) is 1.62. The van der Waals surface area contributed by atoms with Gasteiger partial charge in [-0.3, -0.25) is 4.90 Å². The van der Waals surface area contributed by atoms with Crippen LogP contribution in [0.25, 0.3) is 0 Å². The van der Waals surface area contributed by atoms with Crippen LogP contribution in [0.15, 0.2) is 53.4 Å². The molecule has 1 fully saturated rings. The van der Waals surface area contributed by atoms with E-state index in [2.05, 4.69) is 29.2 Å². The molecule has 0 N–H and O–H groups in total.